The summed E-state index contributed by atoms with van der Waals surface area (Å²) in [7, 11) is -3.58. The summed E-state index contributed by atoms with van der Waals surface area (Å²) in [5.41, 5.74) is 1.84. The summed E-state index contributed by atoms with van der Waals surface area (Å²) in [6.45, 7) is 0.474. The summed E-state index contributed by atoms with van der Waals surface area (Å²) in [5, 5.41) is 8.23. The molecule has 0 N–H and O–H groups in total. The molecule has 8 heteroatoms. The second-order valence-corrected chi connectivity index (χ2v) is 9.82. The molecular formula is C18H17N3O3S2. The van der Waals surface area contributed by atoms with E-state index in [-0.39, 0.29) is 0 Å². The standard InChI is InChI=1S/C18H17N3O3S2/c22-26(23,21-11-10-12-4-1-2-7-14(12)21)16-9-8-15(25-16)18-20-19-17(24-18)13-5-3-6-13/h1-2,4,7-9,13H,3,5-6,10-11H2. The summed E-state index contributed by atoms with van der Waals surface area (Å²) in [5.74, 6) is 1.43. The van der Waals surface area contributed by atoms with Crippen molar-refractivity contribution in [2.45, 2.75) is 35.8 Å². The minimum absolute atomic E-state index is 0.299. The maximum atomic E-state index is 13.1. The van der Waals surface area contributed by atoms with Crippen LogP contribution in [0, 0.1) is 0 Å². The number of aromatic nitrogens is 2. The minimum atomic E-state index is -3.58. The largest absolute Gasteiger partial charge is 0.420 e. The monoisotopic (exact) mass is 387 g/mol. The van der Waals surface area contributed by atoms with Gasteiger partial charge in [-0.25, -0.2) is 8.42 Å². The van der Waals surface area contributed by atoms with Crippen molar-refractivity contribution in [3.05, 3.63) is 47.9 Å². The molecule has 3 aromatic rings. The van der Waals surface area contributed by atoms with E-state index < -0.39 is 10.0 Å². The Bertz CT molecular complexity index is 1070. The molecule has 0 bridgehead atoms. The van der Waals surface area contributed by atoms with E-state index in [0.29, 0.717) is 33.3 Å². The highest BCUT2D eigenvalue weighted by atomic mass is 32.2. The summed E-state index contributed by atoms with van der Waals surface area (Å²) in [4.78, 5) is 0.689. The lowest BCUT2D eigenvalue weighted by Crippen LogP contribution is -2.28. The molecule has 0 saturated heterocycles. The SMILES string of the molecule is O=S(=O)(c1ccc(-c2nnc(C3CCC3)o2)s1)N1CCc2ccccc21. The molecule has 3 heterocycles. The minimum Gasteiger partial charge on any atom is -0.420 e. The molecule has 2 aliphatic rings. The van der Waals surface area contributed by atoms with E-state index in [1.165, 1.54) is 22.1 Å². The lowest BCUT2D eigenvalue weighted by atomic mass is 9.85. The fourth-order valence-corrected chi connectivity index (χ4v) is 6.24. The van der Waals surface area contributed by atoms with Gasteiger partial charge in [0.2, 0.25) is 5.89 Å². The molecule has 2 aromatic heterocycles. The highest BCUT2D eigenvalue weighted by Gasteiger charge is 2.32. The Hall–Kier alpha value is -2.19. The van der Waals surface area contributed by atoms with Gasteiger partial charge in [0, 0.05) is 12.5 Å². The number of sulfonamides is 1. The normalized spacial score (nSPS) is 17.3. The zero-order valence-corrected chi connectivity index (χ0v) is 15.6. The summed E-state index contributed by atoms with van der Waals surface area (Å²) < 4.78 is 33.7. The second kappa shape index (κ2) is 5.92. The molecule has 0 amide bonds. The number of thiophene rings is 1. The molecule has 1 aliphatic heterocycles. The molecule has 6 nitrogen and oxygen atoms in total. The first-order chi connectivity index (χ1) is 12.6. The highest BCUT2D eigenvalue weighted by Crippen LogP contribution is 2.39. The van der Waals surface area contributed by atoms with E-state index >= 15 is 0 Å². The van der Waals surface area contributed by atoms with Gasteiger partial charge in [0.15, 0.2) is 0 Å². The summed E-state index contributed by atoms with van der Waals surface area (Å²) >= 11 is 1.18. The Morgan fingerprint density at radius 1 is 1.12 bits per heavy atom. The topological polar surface area (TPSA) is 76.3 Å². The van der Waals surface area contributed by atoms with Gasteiger partial charge in [0.25, 0.3) is 15.9 Å². The Morgan fingerprint density at radius 2 is 1.96 bits per heavy atom. The predicted molar refractivity (Wildman–Crippen MR) is 98.9 cm³/mol. The van der Waals surface area contributed by atoms with E-state index in [9.17, 15) is 8.42 Å². The number of rotatable bonds is 4. The van der Waals surface area contributed by atoms with Crippen LogP contribution in [0.1, 0.15) is 36.6 Å². The van der Waals surface area contributed by atoms with Crippen molar-refractivity contribution in [1.82, 2.24) is 10.2 Å². The summed E-state index contributed by atoms with van der Waals surface area (Å²) in [6.07, 6.45) is 4.10. The van der Waals surface area contributed by atoms with Gasteiger partial charge in [-0.1, -0.05) is 24.6 Å². The Kier molecular flexibility index (Phi) is 3.65. The zero-order valence-electron chi connectivity index (χ0n) is 14.0. The van der Waals surface area contributed by atoms with Gasteiger partial charge in [0.05, 0.1) is 10.6 Å². The quantitative estimate of drug-likeness (QED) is 0.680. The summed E-state index contributed by atoms with van der Waals surface area (Å²) in [6, 6.07) is 11.0. The van der Waals surface area contributed by atoms with Crippen LogP contribution in [0.4, 0.5) is 5.69 Å². The fourth-order valence-electron chi connectivity index (χ4n) is 3.39. The predicted octanol–water partition coefficient (Wildman–Crippen LogP) is 3.82. The van der Waals surface area contributed by atoms with E-state index in [4.69, 9.17) is 4.42 Å². The van der Waals surface area contributed by atoms with Crippen molar-refractivity contribution >= 4 is 27.0 Å². The van der Waals surface area contributed by atoms with Crippen LogP contribution in [0.5, 0.6) is 0 Å². The number of anilines is 1. The average Bonchev–Trinajstić information content (AvgIpc) is 3.32. The first-order valence-electron chi connectivity index (χ1n) is 8.67. The Balaban J connectivity index is 1.45. The van der Waals surface area contributed by atoms with Gasteiger partial charge in [-0.15, -0.1) is 21.5 Å². The van der Waals surface area contributed by atoms with Crippen molar-refractivity contribution in [3.63, 3.8) is 0 Å². The van der Waals surface area contributed by atoms with E-state index in [0.717, 1.165) is 30.5 Å². The number of nitrogens with zero attached hydrogens (tertiary/aromatic N) is 3. The van der Waals surface area contributed by atoms with Gasteiger partial charge in [-0.3, -0.25) is 4.31 Å². The first kappa shape index (κ1) is 16.0. The molecule has 5 rings (SSSR count). The number of hydrogen-bond donors (Lipinski definition) is 0. The van der Waals surface area contributed by atoms with Crippen LogP contribution in [-0.2, 0) is 16.4 Å². The van der Waals surface area contributed by atoms with Crippen LogP contribution in [0.15, 0.2) is 45.0 Å². The molecule has 0 atom stereocenters. The molecule has 0 spiro atoms. The van der Waals surface area contributed by atoms with Crippen LogP contribution in [0.25, 0.3) is 10.8 Å². The molecule has 0 radical (unpaired) electrons. The Morgan fingerprint density at radius 3 is 2.77 bits per heavy atom. The maximum Gasteiger partial charge on any atom is 0.273 e. The third kappa shape index (κ3) is 2.47. The fraction of sp³-hybridized carbons (Fsp3) is 0.333. The van der Waals surface area contributed by atoms with E-state index in [1.54, 1.807) is 12.1 Å². The first-order valence-corrected chi connectivity index (χ1v) is 10.9. The third-order valence-corrected chi connectivity index (χ3v) is 8.43. The average molecular weight is 387 g/mol. The lowest BCUT2D eigenvalue weighted by Gasteiger charge is -2.20. The Labute approximate surface area is 155 Å². The molecule has 1 aromatic carbocycles. The van der Waals surface area contributed by atoms with Crippen LogP contribution in [0.3, 0.4) is 0 Å². The van der Waals surface area contributed by atoms with Crippen LogP contribution in [-0.4, -0.2) is 25.2 Å². The van der Waals surface area contributed by atoms with Gasteiger partial charge < -0.3 is 4.42 Å². The van der Waals surface area contributed by atoms with Crippen LogP contribution < -0.4 is 4.31 Å². The zero-order chi connectivity index (χ0) is 17.7. The number of fused-ring (bicyclic) bond motifs is 1. The van der Waals surface area contributed by atoms with Gasteiger partial charge in [-0.05, 0) is 43.0 Å². The van der Waals surface area contributed by atoms with Crippen LogP contribution in [0.2, 0.25) is 0 Å². The molecule has 0 unspecified atom stereocenters. The van der Waals surface area contributed by atoms with Gasteiger partial charge in [-0.2, -0.15) is 0 Å². The van der Waals surface area contributed by atoms with Gasteiger partial charge >= 0.3 is 0 Å². The molecule has 1 saturated carbocycles. The third-order valence-electron chi connectivity index (χ3n) is 5.08. The van der Waals surface area contributed by atoms with Crippen molar-refractivity contribution < 1.29 is 12.8 Å². The molecule has 26 heavy (non-hydrogen) atoms. The van der Waals surface area contributed by atoms with Gasteiger partial charge in [0.1, 0.15) is 4.21 Å². The maximum absolute atomic E-state index is 13.1. The molecule has 134 valence electrons. The van der Waals surface area contributed by atoms with E-state index in [1.807, 2.05) is 24.3 Å². The number of benzene rings is 1. The number of hydrogen-bond acceptors (Lipinski definition) is 6. The van der Waals surface area contributed by atoms with E-state index in [2.05, 4.69) is 10.2 Å². The van der Waals surface area contributed by atoms with Crippen molar-refractivity contribution in [2.24, 2.45) is 0 Å². The molecule has 1 fully saturated rings. The van der Waals surface area contributed by atoms with Crippen molar-refractivity contribution in [1.29, 1.82) is 0 Å². The highest BCUT2D eigenvalue weighted by molar-refractivity contribution is 7.94. The smallest absolute Gasteiger partial charge is 0.273 e. The van der Waals surface area contributed by atoms with Crippen molar-refractivity contribution in [2.75, 3.05) is 10.8 Å². The van der Waals surface area contributed by atoms with Crippen LogP contribution >= 0.6 is 11.3 Å². The second-order valence-electron chi connectivity index (χ2n) is 6.65. The molecular weight excluding hydrogens is 370 g/mol. The molecule has 1 aliphatic carbocycles. The number of para-hydroxylation sites is 1. The lowest BCUT2D eigenvalue weighted by molar-refractivity contribution is 0.338. The van der Waals surface area contributed by atoms with Crippen molar-refractivity contribution in [3.8, 4) is 10.8 Å².